The number of piperidine rings is 1. The molecule has 2 unspecified atom stereocenters. The highest BCUT2D eigenvalue weighted by molar-refractivity contribution is 5.32. The zero-order valence-corrected chi connectivity index (χ0v) is 13.0. The van der Waals surface area contributed by atoms with E-state index in [1.165, 1.54) is 6.07 Å². The van der Waals surface area contributed by atoms with Crippen molar-refractivity contribution in [2.24, 2.45) is 5.73 Å². The number of alkyl halides is 3. The van der Waals surface area contributed by atoms with E-state index in [4.69, 9.17) is 10.5 Å². The van der Waals surface area contributed by atoms with Crippen molar-refractivity contribution < 1.29 is 17.9 Å². The predicted octanol–water partition coefficient (Wildman–Crippen LogP) is 2.95. The first-order chi connectivity index (χ1) is 10.3. The zero-order chi connectivity index (χ0) is 16.3. The molecule has 22 heavy (non-hydrogen) atoms. The minimum atomic E-state index is -4.29. The molecule has 1 fully saturated rings. The van der Waals surface area contributed by atoms with Gasteiger partial charge in [0.15, 0.2) is 0 Å². The van der Waals surface area contributed by atoms with Gasteiger partial charge in [-0.05, 0) is 43.0 Å². The van der Waals surface area contributed by atoms with Crippen LogP contribution < -0.4 is 5.73 Å². The maximum absolute atomic E-state index is 12.7. The number of ether oxygens (including phenoxy) is 1. The lowest BCUT2D eigenvalue weighted by molar-refractivity contribution is -0.137. The molecule has 1 aromatic carbocycles. The molecule has 0 radical (unpaired) electrons. The number of methoxy groups -OCH3 is 1. The zero-order valence-electron chi connectivity index (χ0n) is 13.0. The van der Waals surface area contributed by atoms with Crippen LogP contribution in [0.5, 0.6) is 0 Å². The van der Waals surface area contributed by atoms with Gasteiger partial charge in [0.05, 0.1) is 11.7 Å². The highest BCUT2D eigenvalue weighted by Gasteiger charge is 2.31. The van der Waals surface area contributed by atoms with E-state index < -0.39 is 11.7 Å². The summed E-state index contributed by atoms with van der Waals surface area (Å²) in [7, 11) is 1.70. The Bertz CT molecular complexity index is 505. The van der Waals surface area contributed by atoms with Crippen molar-refractivity contribution in [3.05, 3.63) is 34.9 Å². The maximum atomic E-state index is 12.7. The lowest BCUT2D eigenvalue weighted by Gasteiger charge is -2.38. The first-order valence-corrected chi connectivity index (χ1v) is 7.48. The summed E-state index contributed by atoms with van der Waals surface area (Å²) in [5, 5.41) is 0. The molecule has 0 amide bonds. The molecule has 3 nitrogen and oxygen atoms in total. The summed E-state index contributed by atoms with van der Waals surface area (Å²) in [6, 6.07) is 4.16. The molecule has 0 aliphatic carbocycles. The van der Waals surface area contributed by atoms with Crippen molar-refractivity contribution in [3.8, 4) is 0 Å². The largest absolute Gasteiger partial charge is 0.416 e. The Kier molecular flexibility index (Phi) is 5.47. The van der Waals surface area contributed by atoms with Gasteiger partial charge in [0.2, 0.25) is 0 Å². The molecule has 2 N–H and O–H groups in total. The van der Waals surface area contributed by atoms with Crippen LogP contribution in [0.3, 0.4) is 0 Å². The van der Waals surface area contributed by atoms with Gasteiger partial charge in [0.25, 0.3) is 0 Å². The number of hydrogen-bond donors (Lipinski definition) is 1. The highest BCUT2D eigenvalue weighted by Crippen LogP contribution is 2.31. The van der Waals surface area contributed by atoms with Gasteiger partial charge in [-0.1, -0.05) is 6.07 Å². The van der Waals surface area contributed by atoms with E-state index in [1.807, 2.05) is 0 Å². The fraction of sp³-hybridized carbons (Fsp3) is 0.625. The number of likely N-dealkylation sites (tertiary alicyclic amines) is 1. The van der Waals surface area contributed by atoms with Crippen molar-refractivity contribution in [1.82, 2.24) is 4.90 Å². The summed E-state index contributed by atoms with van der Waals surface area (Å²) in [6.07, 6.45) is -2.28. The molecular weight excluding hydrogens is 293 g/mol. The van der Waals surface area contributed by atoms with Crippen molar-refractivity contribution in [3.63, 3.8) is 0 Å². The van der Waals surface area contributed by atoms with Gasteiger partial charge in [-0.2, -0.15) is 13.2 Å². The summed E-state index contributed by atoms with van der Waals surface area (Å²) in [5.41, 5.74) is 6.83. The van der Waals surface area contributed by atoms with Crippen LogP contribution in [0.25, 0.3) is 0 Å². The predicted molar refractivity (Wildman–Crippen MR) is 79.5 cm³/mol. The van der Waals surface area contributed by atoms with Gasteiger partial charge < -0.3 is 10.5 Å². The molecule has 1 saturated heterocycles. The van der Waals surface area contributed by atoms with E-state index in [9.17, 15) is 13.2 Å². The van der Waals surface area contributed by atoms with Crippen molar-refractivity contribution >= 4 is 0 Å². The summed E-state index contributed by atoms with van der Waals surface area (Å²) in [4.78, 5) is 2.24. The first-order valence-electron chi connectivity index (χ1n) is 7.48. The monoisotopic (exact) mass is 316 g/mol. The lowest BCUT2D eigenvalue weighted by atomic mass is 9.97. The van der Waals surface area contributed by atoms with Gasteiger partial charge in [0, 0.05) is 32.8 Å². The van der Waals surface area contributed by atoms with E-state index in [2.05, 4.69) is 4.90 Å². The topological polar surface area (TPSA) is 38.5 Å². The molecule has 1 aliphatic heterocycles. The van der Waals surface area contributed by atoms with Gasteiger partial charge in [-0.3, -0.25) is 4.90 Å². The summed E-state index contributed by atoms with van der Waals surface area (Å²) in [5.74, 6) is 0. The Labute approximate surface area is 129 Å². The Morgan fingerprint density at radius 1 is 1.36 bits per heavy atom. The van der Waals surface area contributed by atoms with Crippen LogP contribution in [0.4, 0.5) is 13.2 Å². The van der Waals surface area contributed by atoms with Gasteiger partial charge >= 0.3 is 6.18 Å². The van der Waals surface area contributed by atoms with Crippen molar-refractivity contribution in [2.45, 2.75) is 44.6 Å². The average molecular weight is 316 g/mol. The maximum Gasteiger partial charge on any atom is 0.416 e. The number of nitrogens with two attached hydrogens (primary N) is 1. The molecule has 2 rings (SSSR count). The molecule has 0 bridgehead atoms. The van der Waals surface area contributed by atoms with E-state index in [0.29, 0.717) is 18.7 Å². The third-order valence-electron chi connectivity index (χ3n) is 4.44. The second kappa shape index (κ2) is 6.98. The number of benzene rings is 1. The van der Waals surface area contributed by atoms with E-state index >= 15 is 0 Å². The van der Waals surface area contributed by atoms with Gasteiger partial charge in [0.1, 0.15) is 0 Å². The minimum absolute atomic E-state index is 0.209. The standard InChI is InChI=1S/C16H23F3N2O/c1-11-7-13(16(17,18)19)4-3-12(11)10-21-6-5-15(22-2)8-14(21)9-20/h3-4,7,14-15H,5-6,8-10,20H2,1-2H3. The molecule has 1 aliphatic rings. The number of halogens is 3. The smallest absolute Gasteiger partial charge is 0.381 e. The Hall–Kier alpha value is -1.11. The fourth-order valence-electron chi connectivity index (χ4n) is 3.00. The van der Waals surface area contributed by atoms with E-state index in [1.54, 1.807) is 20.1 Å². The van der Waals surface area contributed by atoms with E-state index in [0.717, 1.165) is 31.0 Å². The van der Waals surface area contributed by atoms with E-state index in [-0.39, 0.29) is 12.1 Å². The van der Waals surface area contributed by atoms with Crippen LogP contribution in [0.2, 0.25) is 0 Å². The van der Waals surface area contributed by atoms with Gasteiger partial charge in [-0.15, -0.1) is 0 Å². The second-order valence-corrected chi connectivity index (χ2v) is 5.88. The van der Waals surface area contributed by atoms with Crippen LogP contribution in [0, 0.1) is 6.92 Å². The fourth-order valence-corrected chi connectivity index (χ4v) is 3.00. The van der Waals surface area contributed by atoms with Crippen LogP contribution in [-0.2, 0) is 17.5 Å². The molecule has 2 atom stereocenters. The van der Waals surface area contributed by atoms with Crippen molar-refractivity contribution in [1.29, 1.82) is 0 Å². The minimum Gasteiger partial charge on any atom is -0.381 e. The molecule has 1 heterocycles. The third-order valence-corrected chi connectivity index (χ3v) is 4.44. The first kappa shape index (κ1) is 17.2. The third kappa shape index (κ3) is 4.00. The molecule has 0 spiro atoms. The molecule has 124 valence electrons. The normalized spacial score (nSPS) is 23.7. The van der Waals surface area contributed by atoms with Crippen LogP contribution in [0.1, 0.15) is 29.5 Å². The Morgan fingerprint density at radius 2 is 2.09 bits per heavy atom. The van der Waals surface area contributed by atoms with Crippen LogP contribution in [-0.4, -0.2) is 37.2 Å². The second-order valence-electron chi connectivity index (χ2n) is 5.88. The molecule has 0 saturated carbocycles. The SMILES string of the molecule is COC1CCN(Cc2ccc(C(F)(F)F)cc2C)C(CN)C1. The summed E-state index contributed by atoms with van der Waals surface area (Å²) < 4.78 is 43.5. The summed E-state index contributed by atoms with van der Waals surface area (Å²) >= 11 is 0. The average Bonchev–Trinajstić information content (AvgIpc) is 2.48. The molecular formula is C16H23F3N2O. The number of rotatable bonds is 4. The number of aryl methyl sites for hydroxylation is 1. The van der Waals surface area contributed by atoms with Crippen LogP contribution in [0.15, 0.2) is 18.2 Å². The molecule has 1 aromatic rings. The van der Waals surface area contributed by atoms with Gasteiger partial charge in [-0.25, -0.2) is 0 Å². The summed E-state index contributed by atoms with van der Waals surface area (Å²) in [6.45, 7) is 3.73. The molecule has 0 aromatic heterocycles. The van der Waals surface area contributed by atoms with Crippen LogP contribution >= 0.6 is 0 Å². The van der Waals surface area contributed by atoms with Crippen molar-refractivity contribution in [2.75, 3.05) is 20.2 Å². The lowest BCUT2D eigenvalue weighted by Crippen LogP contribution is -2.48. The molecule has 6 heteroatoms. The Balaban J connectivity index is 2.10. The number of nitrogens with zero attached hydrogens (tertiary/aromatic N) is 1. The number of hydrogen-bond acceptors (Lipinski definition) is 3. The Morgan fingerprint density at radius 3 is 2.64 bits per heavy atom. The highest BCUT2D eigenvalue weighted by atomic mass is 19.4. The quantitative estimate of drug-likeness (QED) is 0.928.